The summed E-state index contributed by atoms with van der Waals surface area (Å²) in [6.07, 6.45) is -1.01. The Bertz CT molecular complexity index is 808. The maximum absolute atomic E-state index is 13.1. The van der Waals surface area contributed by atoms with Crippen molar-refractivity contribution in [2.75, 3.05) is 6.79 Å². The van der Waals surface area contributed by atoms with Crippen molar-refractivity contribution in [1.29, 1.82) is 0 Å². The second-order valence-corrected chi connectivity index (χ2v) is 5.46. The molecule has 0 saturated carbocycles. The number of hydrogen-bond acceptors (Lipinski definition) is 5. The maximum atomic E-state index is 13.1. The molecule has 1 heterocycles. The first-order valence-electron chi connectivity index (χ1n) is 7.66. The van der Waals surface area contributed by atoms with Crippen LogP contribution in [-0.4, -0.2) is 24.8 Å². The zero-order valence-corrected chi connectivity index (χ0v) is 13.5. The summed E-state index contributed by atoms with van der Waals surface area (Å²) in [7, 11) is 0. The first-order chi connectivity index (χ1) is 12.0. The summed E-state index contributed by atoms with van der Waals surface area (Å²) >= 11 is 0. The molecule has 0 saturated heterocycles. The number of rotatable bonds is 5. The third kappa shape index (κ3) is 4.06. The van der Waals surface area contributed by atoms with E-state index in [1.807, 2.05) is 0 Å². The molecule has 3 rings (SSSR count). The summed E-state index contributed by atoms with van der Waals surface area (Å²) in [5.41, 5.74) is 0.872. The molecule has 1 aliphatic rings. The van der Waals surface area contributed by atoms with E-state index in [9.17, 15) is 14.0 Å². The molecule has 7 heteroatoms. The lowest BCUT2D eigenvalue weighted by Crippen LogP contribution is -2.35. The van der Waals surface area contributed by atoms with E-state index >= 15 is 0 Å². The van der Waals surface area contributed by atoms with Crippen LogP contribution in [0.1, 0.15) is 22.8 Å². The Hall–Kier alpha value is -3.09. The van der Waals surface area contributed by atoms with E-state index in [4.69, 9.17) is 14.2 Å². The largest absolute Gasteiger partial charge is 0.454 e. The molecule has 0 bridgehead atoms. The van der Waals surface area contributed by atoms with Gasteiger partial charge in [-0.3, -0.25) is 4.79 Å². The zero-order chi connectivity index (χ0) is 17.8. The van der Waals surface area contributed by atoms with Gasteiger partial charge in [-0.15, -0.1) is 0 Å². The van der Waals surface area contributed by atoms with Gasteiger partial charge in [0.1, 0.15) is 5.82 Å². The van der Waals surface area contributed by atoms with Gasteiger partial charge in [-0.2, -0.15) is 0 Å². The predicted octanol–water partition coefficient (Wildman–Crippen LogP) is 2.42. The summed E-state index contributed by atoms with van der Waals surface area (Å²) in [6, 6.07) is 10.4. The number of amides is 1. The van der Waals surface area contributed by atoms with Crippen molar-refractivity contribution in [3.63, 3.8) is 0 Å². The molecule has 2 aromatic rings. The van der Waals surface area contributed by atoms with Crippen molar-refractivity contribution in [2.45, 2.75) is 19.6 Å². The Labute approximate surface area is 143 Å². The Morgan fingerprint density at radius 1 is 1.20 bits per heavy atom. The molecule has 0 radical (unpaired) electrons. The maximum Gasteiger partial charge on any atom is 0.339 e. The molecule has 1 N–H and O–H groups in total. The fourth-order valence-corrected chi connectivity index (χ4v) is 2.28. The van der Waals surface area contributed by atoms with Gasteiger partial charge in [-0.05, 0) is 42.8 Å². The van der Waals surface area contributed by atoms with E-state index in [1.54, 1.807) is 18.2 Å². The van der Waals surface area contributed by atoms with Crippen molar-refractivity contribution in [2.24, 2.45) is 0 Å². The average Bonchev–Trinajstić information content (AvgIpc) is 3.07. The Kier molecular flexibility index (Phi) is 4.83. The third-order valence-electron chi connectivity index (χ3n) is 3.62. The van der Waals surface area contributed by atoms with Gasteiger partial charge in [0.2, 0.25) is 6.79 Å². The molecule has 6 nitrogen and oxygen atoms in total. The van der Waals surface area contributed by atoms with Crippen LogP contribution >= 0.6 is 0 Å². The van der Waals surface area contributed by atoms with Crippen molar-refractivity contribution in [3.8, 4) is 11.5 Å². The van der Waals surface area contributed by atoms with E-state index in [-0.39, 0.29) is 18.9 Å². The molecule has 25 heavy (non-hydrogen) atoms. The summed E-state index contributed by atoms with van der Waals surface area (Å²) in [4.78, 5) is 24.0. The summed E-state index contributed by atoms with van der Waals surface area (Å²) < 4.78 is 28.7. The number of ether oxygens (including phenoxy) is 3. The monoisotopic (exact) mass is 345 g/mol. The standard InChI is InChI=1S/C18H16FNO5/c1-11(25-18(22)13-3-2-4-14(19)8-13)17(21)20-9-12-5-6-15-16(7-12)24-10-23-15/h2-8,11H,9-10H2,1H3,(H,20,21)/t11-/m1/s1. The number of esters is 1. The Morgan fingerprint density at radius 3 is 2.80 bits per heavy atom. The molecule has 1 amide bonds. The van der Waals surface area contributed by atoms with E-state index < -0.39 is 23.8 Å². The minimum Gasteiger partial charge on any atom is -0.454 e. The molecule has 0 unspecified atom stereocenters. The van der Waals surface area contributed by atoms with Gasteiger partial charge in [0, 0.05) is 6.54 Å². The number of fused-ring (bicyclic) bond motifs is 1. The van der Waals surface area contributed by atoms with Crippen LogP contribution in [-0.2, 0) is 16.1 Å². The topological polar surface area (TPSA) is 73.9 Å². The molecular formula is C18H16FNO5. The lowest BCUT2D eigenvalue weighted by Gasteiger charge is -2.13. The summed E-state index contributed by atoms with van der Waals surface area (Å²) in [6.45, 7) is 1.88. The highest BCUT2D eigenvalue weighted by atomic mass is 19.1. The van der Waals surface area contributed by atoms with Gasteiger partial charge in [-0.1, -0.05) is 12.1 Å². The molecule has 130 valence electrons. The average molecular weight is 345 g/mol. The minimum absolute atomic E-state index is 0.0513. The van der Waals surface area contributed by atoms with Crippen molar-refractivity contribution < 1.29 is 28.2 Å². The molecular weight excluding hydrogens is 329 g/mol. The molecule has 1 atom stereocenters. The van der Waals surface area contributed by atoms with Crippen LogP contribution in [0.2, 0.25) is 0 Å². The highest BCUT2D eigenvalue weighted by Crippen LogP contribution is 2.32. The molecule has 1 aliphatic heterocycles. The molecule has 0 aliphatic carbocycles. The second-order valence-electron chi connectivity index (χ2n) is 5.46. The lowest BCUT2D eigenvalue weighted by molar-refractivity contribution is -0.129. The molecule has 0 aromatic heterocycles. The van der Waals surface area contributed by atoms with Gasteiger partial charge in [0.15, 0.2) is 17.6 Å². The Balaban J connectivity index is 1.53. The zero-order valence-electron chi connectivity index (χ0n) is 13.5. The fourth-order valence-electron chi connectivity index (χ4n) is 2.28. The highest BCUT2D eigenvalue weighted by Gasteiger charge is 2.19. The van der Waals surface area contributed by atoms with Gasteiger partial charge in [0.05, 0.1) is 5.56 Å². The molecule has 0 spiro atoms. The quantitative estimate of drug-likeness (QED) is 0.843. The van der Waals surface area contributed by atoms with E-state index in [2.05, 4.69) is 5.32 Å². The summed E-state index contributed by atoms with van der Waals surface area (Å²) in [5.74, 6) is -0.480. The van der Waals surface area contributed by atoms with Crippen molar-refractivity contribution in [3.05, 3.63) is 59.4 Å². The number of halogens is 1. The highest BCUT2D eigenvalue weighted by molar-refractivity contribution is 5.92. The first kappa shape index (κ1) is 16.8. The number of carbonyl (C=O) groups excluding carboxylic acids is 2. The van der Waals surface area contributed by atoms with Gasteiger partial charge in [-0.25, -0.2) is 9.18 Å². The third-order valence-corrected chi connectivity index (χ3v) is 3.62. The van der Waals surface area contributed by atoms with Crippen LogP contribution in [0.5, 0.6) is 11.5 Å². The van der Waals surface area contributed by atoms with E-state index in [1.165, 1.54) is 25.1 Å². The van der Waals surface area contributed by atoms with Crippen molar-refractivity contribution in [1.82, 2.24) is 5.32 Å². The van der Waals surface area contributed by atoms with Gasteiger partial charge < -0.3 is 19.5 Å². The smallest absolute Gasteiger partial charge is 0.339 e. The van der Waals surface area contributed by atoms with E-state index in [0.717, 1.165) is 11.6 Å². The lowest BCUT2D eigenvalue weighted by atomic mass is 10.2. The van der Waals surface area contributed by atoms with Crippen LogP contribution in [0.15, 0.2) is 42.5 Å². The van der Waals surface area contributed by atoms with E-state index in [0.29, 0.717) is 11.5 Å². The number of nitrogens with one attached hydrogen (secondary N) is 1. The van der Waals surface area contributed by atoms with Gasteiger partial charge in [0.25, 0.3) is 5.91 Å². The minimum atomic E-state index is -1.01. The molecule has 2 aromatic carbocycles. The van der Waals surface area contributed by atoms with Crippen LogP contribution in [0.3, 0.4) is 0 Å². The fraction of sp³-hybridized carbons (Fsp3) is 0.222. The Morgan fingerprint density at radius 2 is 2.00 bits per heavy atom. The van der Waals surface area contributed by atoms with Crippen molar-refractivity contribution >= 4 is 11.9 Å². The van der Waals surface area contributed by atoms with Crippen LogP contribution in [0.4, 0.5) is 4.39 Å². The van der Waals surface area contributed by atoms with Crippen LogP contribution < -0.4 is 14.8 Å². The normalized spacial score (nSPS) is 13.2. The number of carbonyl (C=O) groups is 2. The first-order valence-corrected chi connectivity index (χ1v) is 7.66. The SMILES string of the molecule is C[C@@H](OC(=O)c1cccc(F)c1)C(=O)NCc1ccc2c(c1)OCO2. The predicted molar refractivity (Wildman–Crippen MR) is 85.7 cm³/mol. The second kappa shape index (κ2) is 7.21. The summed E-state index contributed by atoms with van der Waals surface area (Å²) in [5, 5.41) is 2.67. The molecule has 0 fully saturated rings. The number of benzene rings is 2. The number of hydrogen-bond donors (Lipinski definition) is 1. The van der Waals surface area contributed by atoms with Crippen LogP contribution in [0, 0.1) is 5.82 Å². The van der Waals surface area contributed by atoms with Crippen LogP contribution in [0.25, 0.3) is 0 Å². The van der Waals surface area contributed by atoms with Gasteiger partial charge >= 0.3 is 5.97 Å².